The minimum Gasteiger partial charge on any atom is -0.383 e. The van der Waals surface area contributed by atoms with Gasteiger partial charge < -0.3 is 16.8 Å². The lowest BCUT2D eigenvalue weighted by Gasteiger charge is -2.29. The number of carbonyl (C=O) groups is 1. The van der Waals surface area contributed by atoms with Crippen molar-refractivity contribution in [3.8, 4) is 0 Å². The second kappa shape index (κ2) is 8.73. The average molecular weight is 435 g/mol. The van der Waals surface area contributed by atoms with E-state index in [0.29, 0.717) is 6.42 Å². The Balaban J connectivity index is 0.00000363. The smallest absolute Gasteiger partial charge is 0.383 e. The molecule has 6 nitrogen and oxygen atoms in total. The first-order chi connectivity index (χ1) is 14.7. The topological polar surface area (TPSA) is 107 Å². The number of ketones is 1. The molecule has 0 bridgehead atoms. The van der Waals surface area contributed by atoms with Crippen molar-refractivity contribution in [3.63, 3.8) is 0 Å². The van der Waals surface area contributed by atoms with E-state index in [0.717, 1.165) is 11.6 Å². The van der Waals surface area contributed by atoms with Gasteiger partial charge in [-0.1, -0.05) is 37.3 Å². The number of rotatable bonds is 7. The normalized spacial score (nSPS) is 13.5. The number of nitrogens with one attached hydrogen (secondary N) is 1. The molecule has 3 rings (SSSR count). The quantitative estimate of drug-likeness (QED) is 0.464. The van der Waals surface area contributed by atoms with Crippen LogP contribution in [0, 0.1) is 0 Å². The van der Waals surface area contributed by atoms with E-state index in [4.69, 9.17) is 11.5 Å². The van der Waals surface area contributed by atoms with Gasteiger partial charge in [-0.05, 0) is 36.2 Å². The summed E-state index contributed by atoms with van der Waals surface area (Å²) < 4.78 is 40.6. The summed E-state index contributed by atoms with van der Waals surface area (Å²) in [6, 6.07) is 14.1. The van der Waals surface area contributed by atoms with Gasteiger partial charge in [0.15, 0.2) is 0 Å². The Bertz CT molecular complexity index is 1090. The van der Waals surface area contributed by atoms with Gasteiger partial charge >= 0.3 is 6.18 Å². The minimum absolute atomic E-state index is 0. The van der Waals surface area contributed by atoms with Crippen LogP contribution in [0.2, 0.25) is 0 Å². The molecule has 0 aliphatic rings. The second-order valence-electron chi connectivity index (χ2n) is 7.09. The van der Waals surface area contributed by atoms with E-state index < -0.39 is 28.8 Å². The van der Waals surface area contributed by atoms with Crippen LogP contribution in [0.1, 0.15) is 44.8 Å². The van der Waals surface area contributed by atoms with Gasteiger partial charge in [0.2, 0.25) is 5.78 Å². The number of hydrogen-bond acceptors (Lipinski definition) is 6. The number of anilines is 2. The molecule has 168 valence electrons. The standard InChI is InChI=1S/C22H22F3N5O.3H2/c1-2-21(27,14-7-4-3-5-8-14)13-29-17-11-10-16(22(23,24)25)18(30-17)19(31)15-9-6-12-28-20(15)26;;;/h3-12H,2,13,27H2,1H3,(H2,26,28)(H,29,30);3*1H. The molecule has 2 aromatic heterocycles. The van der Waals surface area contributed by atoms with Crippen LogP contribution in [0.5, 0.6) is 0 Å². The number of nitrogens with zero attached hydrogens (tertiary/aromatic N) is 2. The maximum Gasteiger partial charge on any atom is 0.418 e. The molecule has 0 aliphatic heterocycles. The highest BCUT2D eigenvalue weighted by Crippen LogP contribution is 2.33. The molecular formula is C22H28F3N5O. The number of alkyl halides is 3. The number of nitrogen functional groups attached to an aromatic ring is 1. The number of halogens is 3. The van der Waals surface area contributed by atoms with Gasteiger partial charge in [-0.3, -0.25) is 4.79 Å². The second-order valence-corrected chi connectivity index (χ2v) is 7.09. The fourth-order valence-electron chi connectivity index (χ4n) is 3.15. The first-order valence-electron chi connectivity index (χ1n) is 9.57. The van der Waals surface area contributed by atoms with E-state index in [9.17, 15) is 18.0 Å². The molecule has 31 heavy (non-hydrogen) atoms. The van der Waals surface area contributed by atoms with Crippen LogP contribution in [-0.4, -0.2) is 22.3 Å². The maximum atomic E-state index is 13.5. The first kappa shape index (κ1) is 22.2. The lowest BCUT2D eigenvalue weighted by molar-refractivity contribution is -0.138. The van der Waals surface area contributed by atoms with E-state index >= 15 is 0 Å². The van der Waals surface area contributed by atoms with Gasteiger partial charge in [0.25, 0.3) is 0 Å². The zero-order valence-corrected chi connectivity index (χ0v) is 16.8. The molecule has 1 atom stereocenters. The lowest BCUT2D eigenvalue weighted by Crippen LogP contribution is -2.42. The molecule has 0 fully saturated rings. The Morgan fingerprint density at radius 1 is 1.10 bits per heavy atom. The largest absolute Gasteiger partial charge is 0.418 e. The van der Waals surface area contributed by atoms with Crippen molar-refractivity contribution in [2.24, 2.45) is 5.73 Å². The van der Waals surface area contributed by atoms with Crippen LogP contribution in [0.15, 0.2) is 60.8 Å². The SMILES string of the molecule is CCC(N)(CNc1ccc(C(F)(F)F)c(C(=O)c2cccnc2N)n1)c1ccccc1.[HH].[HH].[HH]. The van der Waals surface area contributed by atoms with Gasteiger partial charge in [-0.25, -0.2) is 9.97 Å². The molecular weight excluding hydrogens is 407 g/mol. The number of hydrogen-bond donors (Lipinski definition) is 3. The molecule has 2 heterocycles. The number of aromatic nitrogens is 2. The monoisotopic (exact) mass is 435 g/mol. The lowest BCUT2D eigenvalue weighted by atomic mass is 9.88. The van der Waals surface area contributed by atoms with Crippen molar-refractivity contribution in [2.45, 2.75) is 25.1 Å². The predicted octanol–water partition coefficient (Wildman–Crippen LogP) is 4.72. The zero-order valence-electron chi connectivity index (χ0n) is 16.8. The Morgan fingerprint density at radius 2 is 1.81 bits per heavy atom. The van der Waals surface area contributed by atoms with Crippen molar-refractivity contribution in [3.05, 3.63) is 83.2 Å². The van der Waals surface area contributed by atoms with Crippen LogP contribution in [0.25, 0.3) is 0 Å². The fraction of sp³-hybridized carbons (Fsp3) is 0.227. The molecule has 0 aliphatic carbocycles. The molecule has 0 saturated carbocycles. The minimum atomic E-state index is -4.77. The molecule has 0 radical (unpaired) electrons. The third kappa shape index (κ3) is 4.83. The van der Waals surface area contributed by atoms with Gasteiger partial charge in [-0.2, -0.15) is 13.2 Å². The van der Waals surface area contributed by atoms with Crippen molar-refractivity contribution >= 4 is 17.4 Å². The molecule has 3 aromatic rings. The molecule has 1 unspecified atom stereocenters. The average Bonchev–Trinajstić information content (AvgIpc) is 2.77. The van der Waals surface area contributed by atoms with E-state index in [1.807, 2.05) is 37.3 Å². The van der Waals surface area contributed by atoms with E-state index in [1.165, 1.54) is 24.4 Å². The van der Waals surface area contributed by atoms with Gasteiger partial charge in [0.05, 0.1) is 16.7 Å². The number of pyridine rings is 2. The Labute approximate surface area is 182 Å². The Morgan fingerprint density at radius 3 is 2.42 bits per heavy atom. The van der Waals surface area contributed by atoms with Crippen LogP contribution in [0.4, 0.5) is 24.8 Å². The van der Waals surface area contributed by atoms with Crippen molar-refractivity contribution in [1.29, 1.82) is 0 Å². The molecule has 5 N–H and O–H groups in total. The third-order valence-electron chi connectivity index (χ3n) is 5.06. The van der Waals surface area contributed by atoms with E-state index in [-0.39, 0.29) is 28.0 Å². The summed E-state index contributed by atoms with van der Waals surface area (Å²) in [5, 5.41) is 2.97. The Hall–Kier alpha value is -3.46. The van der Waals surface area contributed by atoms with Gasteiger partial charge in [0, 0.05) is 17.0 Å². The van der Waals surface area contributed by atoms with Crippen LogP contribution < -0.4 is 16.8 Å². The fourth-order valence-corrected chi connectivity index (χ4v) is 3.15. The highest BCUT2D eigenvalue weighted by molar-refractivity contribution is 6.11. The summed E-state index contributed by atoms with van der Waals surface area (Å²) in [5.74, 6) is -1.03. The van der Waals surface area contributed by atoms with Gasteiger partial charge in [-0.15, -0.1) is 0 Å². The molecule has 0 saturated heterocycles. The predicted molar refractivity (Wildman–Crippen MR) is 119 cm³/mol. The van der Waals surface area contributed by atoms with Crippen molar-refractivity contribution in [2.75, 3.05) is 17.6 Å². The van der Waals surface area contributed by atoms with Crippen LogP contribution >= 0.6 is 0 Å². The van der Waals surface area contributed by atoms with Crippen molar-refractivity contribution < 1.29 is 22.2 Å². The summed E-state index contributed by atoms with van der Waals surface area (Å²) in [7, 11) is 0. The van der Waals surface area contributed by atoms with E-state index in [1.54, 1.807) is 0 Å². The molecule has 0 amide bonds. The summed E-state index contributed by atoms with van der Waals surface area (Å²) in [5.41, 5.74) is 10.2. The number of nitrogens with two attached hydrogens (primary N) is 2. The summed E-state index contributed by atoms with van der Waals surface area (Å²) >= 11 is 0. The van der Waals surface area contributed by atoms with Crippen LogP contribution in [-0.2, 0) is 11.7 Å². The first-order valence-corrected chi connectivity index (χ1v) is 9.57. The third-order valence-corrected chi connectivity index (χ3v) is 5.06. The summed E-state index contributed by atoms with van der Waals surface area (Å²) in [4.78, 5) is 20.6. The van der Waals surface area contributed by atoms with E-state index in [2.05, 4.69) is 15.3 Å². The van der Waals surface area contributed by atoms with Gasteiger partial charge in [0.1, 0.15) is 17.3 Å². The number of carbonyl (C=O) groups excluding carboxylic acids is 1. The molecule has 9 heteroatoms. The maximum absolute atomic E-state index is 13.5. The molecule has 0 spiro atoms. The van der Waals surface area contributed by atoms with Crippen molar-refractivity contribution in [1.82, 2.24) is 9.97 Å². The zero-order chi connectivity index (χ0) is 22.6. The summed E-state index contributed by atoms with van der Waals surface area (Å²) in [6.07, 6.45) is -2.85. The number of benzene rings is 1. The van der Waals surface area contributed by atoms with Crippen LogP contribution in [0.3, 0.4) is 0 Å². The highest BCUT2D eigenvalue weighted by atomic mass is 19.4. The molecule has 1 aromatic carbocycles. The highest BCUT2D eigenvalue weighted by Gasteiger charge is 2.37. The Kier molecular flexibility index (Phi) is 6.26. The summed E-state index contributed by atoms with van der Waals surface area (Å²) in [6.45, 7) is 2.11.